The van der Waals surface area contributed by atoms with Gasteiger partial charge in [-0.15, -0.1) is 0 Å². The van der Waals surface area contributed by atoms with Gasteiger partial charge in [0, 0.05) is 19.8 Å². The summed E-state index contributed by atoms with van der Waals surface area (Å²) in [5, 5.41) is 0. The molecular weight excluding hydrogens is 303 g/mol. The van der Waals surface area contributed by atoms with Crippen molar-refractivity contribution in [1.29, 1.82) is 0 Å². The largest absolute Gasteiger partial charge is 0.457 e. The van der Waals surface area contributed by atoms with Crippen LogP contribution in [0.4, 0.5) is 0 Å². The number of ether oxygens (including phenoxy) is 1. The predicted octanol–water partition coefficient (Wildman–Crippen LogP) is 4.15. The molecule has 0 saturated heterocycles. The van der Waals surface area contributed by atoms with Crippen LogP contribution in [0.1, 0.15) is 10.4 Å². The average molecular weight is 320 g/mol. The smallest absolute Gasteiger partial charge is 0.337 e. The van der Waals surface area contributed by atoms with E-state index in [4.69, 9.17) is 13.8 Å². The fourth-order valence-electron chi connectivity index (χ4n) is 1.83. The van der Waals surface area contributed by atoms with Crippen LogP contribution >= 0.6 is 7.60 Å². The van der Waals surface area contributed by atoms with E-state index in [9.17, 15) is 9.36 Å². The van der Waals surface area contributed by atoms with Gasteiger partial charge in [-0.25, -0.2) is 0 Å². The Morgan fingerprint density at radius 3 is 2.23 bits per heavy atom. The van der Waals surface area contributed by atoms with E-state index in [1.54, 1.807) is 24.3 Å². The normalized spacial score (nSPS) is 11.2. The minimum Gasteiger partial charge on any atom is -0.457 e. The molecule has 0 fully saturated rings. The third kappa shape index (κ3) is 4.28. The van der Waals surface area contributed by atoms with Gasteiger partial charge in [0.2, 0.25) is 0 Å². The Kier molecular flexibility index (Phi) is 5.50. The highest BCUT2D eigenvalue weighted by atomic mass is 31.2. The Morgan fingerprint density at radius 1 is 0.955 bits per heavy atom. The topological polar surface area (TPSA) is 61.8 Å². The predicted molar refractivity (Wildman–Crippen MR) is 83.8 cm³/mol. The van der Waals surface area contributed by atoms with Gasteiger partial charge in [-0.1, -0.05) is 30.3 Å². The minimum absolute atomic E-state index is 0.311. The van der Waals surface area contributed by atoms with Gasteiger partial charge < -0.3 is 13.8 Å². The minimum atomic E-state index is -3.37. The number of ketones is 1. The Bertz CT molecular complexity index is 676. The molecule has 0 amide bonds. The molecule has 0 saturated carbocycles. The maximum atomic E-state index is 12.2. The summed E-state index contributed by atoms with van der Waals surface area (Å²) < 4.78 is 27.3. The van der Waals surface area contributed by atoms with Crippen LogP contribution in [0.15, 0.2) is 54.6 Å². The zero-order valence-electron chi connectivity index (χ0n) is 12.4. The average Bonchev–Trinajstić information content (AvgIpc) is 2.56. The Balaban J connectivity index is 2.14. The standard InChI is InChI=1S/C16H17O5P/c1-19-22(18,20-2)12-16(17)13-7-6-10-15(11-13)21-14-8-4-3-5-9-14/h3-11H,12H2,1-2H3. The zero-order valence-corrected chi connectivity index (χ0v) is 13.3. The molecule has 2 rings (SSSR count). The zero-order chi connectivity index (χ0) is 16.0. The van der Waals surface area contributed by atoms with Crippen LogP contribution in [0.3, 0.4) is 0 Å². The summed E-state index contributed by atoms with van der Waals surface area (Å²) in [5.41, 5.74) is 0.391. The maximum Gasteiger partial charge on any atom is 0.337 e. The van der Waals surface area contributed by atoms with Crippen molar-refractivity contribution in [2.45, 2.75) is 0 Å². The summed E-state index contributed by atoms with van der Waals surface area (Å²) in [6, 6.07) is 15.9. The molecule has 2 aromatic carbocycles. The molecule has 0 radical (unpaired) electrons. The van der Waals surface area contributed by atoms with Gasteiger partial charge in [0.25, 0.3) is 0 Å². The van der Waals surface area contributed by atoms with Crippen LogP contribution in [0.25, 0.3) is 0 Å². The number of hydrogen-bond acceptors (Lipinski definition) is 5. The number of Topliss-reactive ketones (excluding diaryl/α,β-unsaturated/α-hetero) is 1. The molecule has 0 aliphatic rings. The summed E-state index contributed by atoms with van der Waals surface area (Å²) in [6.07, 6.45) is -0.311. The second-order valence-electron chi connectivity index (χ2n) is 4.50. The molecular formula is C16H17O5P. The highest BCUT2D eigenvalue weighted by Crippen LogP contribution is 2.46. The number of hydrogen-bond donors (Lipinski definition) is 0. The van der Waals surface area contributed by atoms with Crippen LogP contribution in [0, 0.1) is 0 Å². The van der Waals surface area contributed by atoms with E-state index in [2.05, 4.69) is 0 Å². The van der Waals surface area contributed by atoms with Crippen molar-refractivity contribution in [2.75, 3.05) is 20.4 Å². The van der Waals surface area contributed by atoms with Gasteiger partial charge in [0.1, 0.15) is 17.7 Å². The molecule has 0 aliphatic carbocycles. The van der Waals surface area contributed by atoms with Crippen LogP contribution < -0.4 is 4.74 Å². The molecule has 6 heteroatoms. The first-order valence-corrected chi connectivity index (χ1v) is 8.36. The summed E-state index contributed by atoms with van der Waals surface area (Å²) in [7, 11) is -0.862. The van der Waals surface area contributed by atoms with Gasteiger partial charge in [-0.2, -0.15) is 0 Å². The third-order valence-electron chi connectivity index (χ3n) is 3.03. The molecule has 2 aromatic rings. The number of benzene rings is 2. The van der Waals surface area contributed by atoms with E-state index in [0.29, 0.717) is 17.1 Å². The van der Waals surface area contributed by atoms with Crippen molar-refractivity contribution in [3.63, 3.8) is 0 Å². The first-order chi connectivity index (χ1) is 10.6. The lowest BCUT2D eigenvalue weighted by Crippen LogP contribution is -2.08. The lowest BCUT2D eigenvalue weighted by atomic mass is 10.1. The van der Waals surface area contributed by atoms with Gasteiger partial charge in [-0.3, -0.25) is 9.36 Å². The fraction of sp³-hybridized carbons (Fsp3) is 0.188. The molecule has 0 heterocycles. The highest BCUT2D eigenvalue weighted by Gasteiger charge is 2.26. The molecule has 22 heavy (non-hydrogen) atoms. The van der Waals surface area contributed by atoms with E-state index in [1.165, 1.54) is 14.2 Å². The summed E-state index contributed by atoms with van der Waals surface area (Å²) in [6.45, 7) is 0. The van der Waals surface area contributed by atoms with E-state index < -0.39 is 7.60 Å². The van der Waals surface area contributed by atoms with Crippen molar-refractivity contribution in [3.8, 4) is 11.5 Å². The molecule has 0 aromatic heterocycles. The van der Waals surface area contributed by atoms with Gasteiger partial charge in [-0.05, 0) is 24.3 Å². The monoisotopic (exact) mass is 320 g/mol. The molecule has 5 nitrogen and oxygen atoms in total. The van der Waals surface area contributed by atoms with Crippen molar-refractivity contribution in [2.24, 2.45) is 0 Å². The number of carbonyl (C=O) groups is 1. The first kappa shape index (κ1) is 16.4. The quantitative estimate of drug-likeness (QED) is 0.566. The Morgan fingerprint density at radius 2 is 1.59 bits per heavy atom. The van der Waals surface area contributed by atoms with E-state index >= 15 is 0 Å². The lowest BCUT2D eigenvalue weighted by molar-refractivity contribution is 0.101. The van der Waals surface area contributed by atoms with E-state index in [1.807, 2.05) is 30.3 Å². The van der Waals surface area contributed by atoms with Crippen molar-refractivity contribution in [1.82, 2.24) is 0 Å². The van der Waals surface area contributed by atoms with Crippen molar-refractivity contribution in [3.05, 3.63) is 60.2 Å². The number of carbonyl (C=O) groups excluding carboxylic acids is 1. The van der Waals surface area contributed by atoms with Crippen molar-refractivity contribution < 1.29 is 23.1 Å². The SMILES string of the molecule is COP(=O)(CC(=O)c1cccc(Oc2ccccc2)c1)OC. The Labute approximate surface area is 129 Å². The number of rotatable bonds is 7. The summed E-state index contributed by atoms with van der Waals surface area (Å²) in [4.78, 5) is 12.2. The van der Waals surface area contributed by atoms with Crippen LogP contribution in [-0.2, 0) is 13.6 Å². The Hall–Kier alpha value is -1.94. The number of para-hydroxylation sites is 1. The second-order valence-corrected chi connectivity index (χ2v) is 6.77. The fourth-order valence-corrected chi connectivity index (χ4v) is 2.77. The van der Waals surface area contributed by atoms with E-state index in [0.717, 1.165) is 0 Å². The van der Waals surface area contributed by atoms with Gasteiger partial charge >= 0.3 is 7.60 Å². The molecule has 0 unspecified atom stereocenters. The summed E-state index contributed by atoms with van der Waals surface area (Å²) in [5.74, 6) is 0.874. The first-order valence-electron chi connectivity index (χ1n) is 6.63. The second kappa shape index (κ2) is 7.36. The maximum absolute atomic E-state index is 12.2. The third-order valence-corrected chi connectivity index (χ3v) is 4.82. The molecule has 0 N–H and O–H groups in total. The molecule has 0 bridgehead atoms. The molecule has 0 atom stereocenters. The summed E-state index contributed by atoms with van der Waals surface area (Å²) >= 11 is 0. The highest BCUT2D eigenvalue weighted by molar-refractivity contribution is 7.54. The van der Waals surface area contributed by atoms with Crippen LogP contribution in [-0.4, -0.2) is 26.2 Å². The van der Waals surface area contributed by atoms with Gasteiger partial charge in [0.05, 0.1) is 0 Å². The lowest BCUT2D eigenvalue weighted by Gasteiger charge is -2.13. The van der Waals surface area contributed by atoms with Crippen LogP contribution in [0.2, 0.25) is 0 Å². The molecule has 0 aliphatic heterocycles. The van der Waals surface area contributed by atoms with Crippen LogP contribution in [0.5, 0.6) is 11.5 Å². The molecule has 0 spiro atoms. The van der Waals surface area contributed by atoms with E-state index in [-0.39, 0.29) is 11.9 Å². The molecule has 116 valence electrons. The van der Waals surface area contributed by atoms with Gasteiger partial charge in [0.15, 0.2) is 5.78 Å². The van der Waals surface area contributed by atoms with Crippen molar-refractivity contribution >= 4 is 13.4 Å².